The van der Waals surface area contributed by atoms with Crippen molar-refractivity contribution in [3.05, 3.63) is 95.9 Å². The Bertz CT molecular complexity index is 1370. The molecule has 0 saturated heterocycles. The quantitative estimate of drug-likeness (QED) is 0.232. The van der Waals surface area contributed by atoms with Crippen LogP contribution in [-0.4, -0.2) is 46.5 Å². The Kier molecular flexibility index (Phi) is 9.05. The van der Waals surface area contributed by atoms with Crippen LogP contribution in [0.2, 0.25) is 0 Å². The molecule has 0 saturated carbocycles. The molecule has 3 aromatic carbocycles. The summed E-state index contributed by atoms with van der Waals surface area (Å²) in [6.45, 7) is 1.99. The largest absolute Gasteiger partial charge is 0.497 e. The minimum absolute atomic E-state index is 0.133. The molecule has 1 N–H and O–H groups in total. The van der Waals surface area contributed by atoms with Crippen LogP contribution in [0.1, 0.15) is 17.0 Å². The number of thioether (sulfide) groups is 1. The molecular weight excluding hydrogens is 504 g/mol. The Hall–Kier alpha value is -4.24. The third kappa shape index (κ3) is 7.39. The minimum Gasteiger partial charge on any atom is -0.497 e. The normalized spacial score (nSPS) is 10.7. The molecule has 1 heterocycles. The number of carbonyl (C=O) groups excluding carboxylic acids is 1. The lowest BCUT2D eigenvalue weighted by Gasteiger charge is -2.20. The molecule has 0 fully saturated rings. The number of aliphatic carboxylic acids is 1. The van der Waals surface area contributed by atoms with Gasteiger partial charge in [0.2, 0.25) is 5.89 Å². The number of nitrogens with zero attached hydrogens (tertiary/aromatic N) is 2. The number of aryl methyl sites for hydroxylation is 1. The summed E-state index contributed by atoms with van der Waals surface area (Å²) < 4.78 is 16.9. The van der Waals surface area contributed by atoms with Crippen molar-refractivity contribution in [3.63, 3.8) is 0 Å². The summed E-state index contributed by atoms with van der Waals surface area (Å²) in [6, 6.07) is 24.0. The average molecular weight is 533 g/mol. The van der Waals surface area contributed by atoms with Crippen LogP contribution in [0.4, 0.5) is 4.79 Å². The zero-order valence-corrected chi connectivity index (χ0v) is 21.9. The van der Waals surface area contributed by atoms with E-state index in [1.165, 1.54) is 4.90 Å². The number of carbonyl (C=O) groups is 2. The van der Waals surface area contributed by atoms with Gasteiger partial charge in [0.25, 0.3) is 5.24 Å². The first-order valence-electron chi connectivity index (χ1n) is 12.0. The SMILES string of the molecule is COc1ccc(SC(=O)N(CC(=O)O)Cc2cccc(OCCc3nc(-c4ccccc4)oc3C)c2)cc1. The zero-order chi connectivity index (χ0) is 26.9. The van der Waals surface area contributed by atoms with Gasteiger partial charge in [-0.3, -0.25) is 9.59 Å². The zero-order valence-electron chi connectivity index (χ0n) is 21.1. The second-order valence-electron chi connectivity index (χ2n) is 8.43. The van der Waals surface area contributed by atoms with E-state index in [2.05, 4.69) is 4.98 Å². The molecule has 0 atom stereocenters. The van der Waals surface area contributed by atoms with Crippen LogP contribution in [0, 0.1) is 6.92 Å². The number of oxazole rings is 1. The summed E-state index contributed by atoms with van der Waals surface area (Å²) in [4.78, 5) is 30.9. The van der Waals surface area contributed by atoms with E-state index in [4.69, 9.17) is 13.9 Å². The molecule has 0 aliphatic carbocycles. The van der Waals surface area contributed by atoms with Gasteiger partial charge in [0.15, 0.2) is 0 Å². The van der Waals surface area contributed by atoms with Gasteiger partial charge in [-0.2, -0.15) is 0 Å². The van der Waals surface area contributed by atoms with E-state index >= 15 is 0 Å². The molecule has 0 aliphatic heterocycles. The van der Waals surface area contributed by atoms with Crippen molar-refractivity contribution in [2.45, 2.75) is 24.8 Å². The predicted molar refractivity (Wildman–Crippen MR) is 145 cm³/mol. The highest BCUT2D eigenvalue weighted by Crippen LogP contribution is 2.26. The van der Waals surface area contributed by atoms with Crippen molar-refractivity contribution >= 4 is 23.0 Å². The standard InChI is InChI=1S/C29H28N2O6S/c1-20-26(30-28(37-20)22-8-4-3-5-9-22)15-16-36-24-10-6-7-21(17-24)18-31(19-27(32)33)29(34)38-25-13-11-23(35-2)12-14-25/h3-14,17H,15-16,18-19H2,1-2H3,(H,32,33). The molecule has 196 valence electrons. The molecule has 0 unspecified atom stereocenters. The van der Waals surface area contributed by atoms with E-state index in [0.29, 0.717) is 35.3 Å². The third-order valence-electron chi connectivity index (χ3n) is 5.64. The molecule has 4 aromatic rings. The summed E-state index contributed by atoms with van der Waals surface area (Å²) in [5.41, 5.74) is 2.51. The van der Waals surface area contributed by atoms with Crippen LogP contribution in [0.3, 0.4) is 0 Å². The minimum atomic E-state index is -1.08. The van der Waals surface area contributed by atoms with Gasteiger partial charge in [0.1, 0.15) is 23.8 Å². The van der Waals surface area contributed by atoms with E-state index < -0.39 is 12.5 Å². The van der Waals surface area contributed by atoms with E-state index in [-0.39, 0.29) is 11.8 Å². The number of hydrogen-bond donors (Lipinski definition) is 1. The monoisotopic (exact) mass is 532 g/mol. The topological polar surface area (TPSA) is 102 Å². The highest BCUT2D eigenvalue weighted by molar-refractivity contribution is 8.13. The number of methoxy groups -OCH3 is 1. The number of hydrogen-bond acceptors (Lipinski definition) is 7. The number of carboxylic acids is 1. The molecule has 0 radical (unpaired) electrons. The highest BCUT2D eigenvalue weighted by atomic mass is 32.2. The van der Waals surface area contributed by atoms with Crippen LogP contribution in [0.5, 0.6) is 11.5 Å². The molecule has 1 amide bonds. The maximum absolute atomic E-state index is 12.9. The Morgan fingerprint density at radius 1 is 1.00 bits per heavy atom. The predicted octanol–water partition coefficient (Wildman–Crippen LogP) is 6.08. The van der Waals surface area contributed by atoms with E-state index in [0.717, 1.165) is 34.3 Å². The van der Waals surface area contributed by atoms with Gasteiger partial charge in [-0.25, -0.2) is 4.98 Å². The average Bonchev–Trinajstić information content (AvgIpc) is 3.29. The smallest absolute Gasteiger partial charge is 0.323 e. The third-order valence-corrected chi connectivity index (χ3v) is 6.58. The lowest BCUT2D eigenvalue weighted by Crippen LogP contribution is -2.32. The molecule has 0 spiro atoms. The first-order valence-corrected chi connectivity index (χ1v) is 12.8. The number of benzene rings is 3. The van der Waals surface area contributed by atoms with Gasteiger partial charge in [0, 0.05) is 23.4 Å². The molecule has 4 rings (SSSR count). The number of aromatic nitrogens is 1. The summed E-state index contributed by atoms with van der Waals surface area (Å²) in [5.74, 6) is 1.54. The van der Waals surface area contributed by atoms with E-state index in [1.54, 1.807) is 31.4 Å². The van der Waals surface area contributed by atoms with Gasteiger partial charge in [-0.15, -0.1) is 0 Å². The van der Waals surface area contributed by atoms with Crippen molar-refractivity contribution in [3.8, 4) is 23.0 Å². The molecule has 1 aromatic heterocycles. The van der Waals surface area contributed by atoms with Crippen LogP contribution in [0.25, 0.3) is 11.5 Å². The highest BCUT2D eigenvalue weighted by Gasteiger charge is 2.19. The summed E-state index contributed by atoms with van der Waals surface area (Å²) in [6.07, 6.45) is 0.564. The first kappa shape index (κ1) is 26.8. The van der Waals surface area contributed by atoms with Gasteiger partial charge >= 0.3 is 5.97 Å². The van der Waals surface area contributed by atoms with Gasteiger partial charge in [0.05, 0.1) is 19.4 Å². The molecule has 0 bridgehead atoms. The van der Waals surface area contributed by atoms with Crippen LogP contribution in [0.15, 0.2) is 88.2 Å². The summed E-state index contributed by atoms with van der Waals surface area (Å²) in [7, 11) is 1.57. The fourth-order valence-electron chi connectivity index (χ4n) is 3.74. The molecule has 9 heteroatoms. The van der Waals surface area contributed by atoms with Crippen molar-refractivity contribution in [2.24, 2.45) is 0 Å². The molecular formula is C29H28N2O6S. The Morgan fingerprint density at radius 3 is 2.47 bits per heavy atom. The number of ether oxygens (including phenoxy) is 2. The molecule has 8 nitrogen and oxygen atoms in total. The lowest BCUT2D eigenvalue weighted by molar-refractivity contribution is -0.137. The Balaban J connectivity index is 1.36. The van der Waals surface area contributed by atoms with Crippen LogP contribution < -0.4 is 9.47 Å². The maximum atomic E-state index is 12.9. The van der Waals surface area contributed by atoms with Crippen molar-refractivity contribution in [2.75, 3.05) is 20.3 Å². The number of carboxylic acid groups (broad SMARTS) is 1. The Labute approximate surface area is 225 Å². The van der Waals surface area contributed by atoms with Gasteiger partial charge in [-0.05, 0) is 72.8 Å². The second kappa shape index (κ2) is 12.8. The molecule has 38 heavy (non-hydrogen) atoms. The lowest BCUT2D eigenvalue weighted by atomic mass is 10.2. The van der Waals surface area contributed by atoms with E-state index in [1.807, 2.05) is 61.5 Å². The van der Waals surface area contributed by atoms with E-state index in [9.17, 15) is 14.7 Å². The summed E-state index contributed by atoms with van der Waals surface area (Å²) in [5, 5.41) is 9.00. The maximum Gasteiger partial charge on any atom is 0.323 e. The number of rotatable bonds is 11. The fourth-order valence-corrected chi connectivity index (χ4v) is 4.47. The van der Waals surface area contributed by atoms with Crippen molar-refractivity contribution < 1.29 is 28.6 Å². The second-order valence-corrected chi connectivity index (χ2v) is 9.45. The number of amides is 1. The van der Waals surface area contributed by atoms with Crippen LogP contribution >= 0.6 is 11.8 Å². The van der Waals surface area contributed by atoms with Gasteiger partial charge < -0.3 is 23.9 Å². The fraction of sp³-hybridized carbons (Fsp3) is 0.207. The Morgan fingerprint density at radius 2 is 1.76 bits per heavy atom. The van der Waals surface area contributed by atoms with Crippen LogP contribution in [-0.2, 0) is 17.8 Å². The van der Waals surface area contributed by atoms with Crippen molar-refractivity contribution in [1.82, 2.24) is 9.88 Å². The van der Waals surface area contributed by atoms with Gasteiger partial charge in [-0.1, -0.05) is 30.3 Å². The van der Waals surface area contributed by atoms with Crippen molar-refractivity contribution in [1.29, 1.82) is 0 Å². The summed E-state index contributed by atoms with van der Waals surface area (Å²) >= 11 is 0.971. The molecule has 0 aliphatic rings. The first-order chi connectivity index (χ1) is 18.4.